The number of hydrogen-bond acceptors (Lipinski definition) is 9. The standard InChI is InChI=1S/C40H73O10P/c1-3-5-7-9-11-13-15-17-19-21-23-25-27-29-31-39(43)47-35-38(36-49-51(45,46)48-34-37(42)33-41)50-40(44)32-30-28-26-24-22-20-18-16-14-12-10-8-6-4-2/h10,12,15-18,37-38,41-42H,3-9,11,13-14,19-36H2,1-2H3,(H,45,46)/b12-10-,17-15-,18-16-/t37-,38+/m0/s1. The molecule has 3 atom stereocenters. The van der Waals surface area contributed by atoms with Crippen LogP contribution in [0.3, 0.4) is 0 Å². The lowest BCUT2D eigenvalue weighted by molar-refractivity contribution is -0.161. The van der Waals surface area contributed by atoms with Gasteiger partial charge in [0.1, 0.15) is 12.7 Å². The average Bonchev–Trinajstić information content (AvgIpc) is 3.12. The van der Waals surface area contributed by atoms with Crippen molar-refractivity contribution in [3.8, 4) is 0 Å². The number of carbonyl (C=O) groups excluding carboxylic acids is 2. The van der Waals surface area contributed by atoms with Gasteiger partial charge in [0, 0.05) is 12.8 Å². The van der Waals surface area contributed by atoms with E-state index in [-0.39, 0.29) is 19.4 Å². The smallest absolute Gasteiger partial charge is 0.462 e. The van der Waals surface area contributed by atoms with Crippen molar-refractivity contribution in [3.63, 3.8) is 0 Å². The lowest BCUT2D eigenvalue weighted by Crippen LogP contribution is -2.29. The van der Waals surface area contributed by atoms with Crippen LogP contribution in [-0.2, 0) is 32.7 Å². The number of allylic oxidation sites excluding steroid dienone is 6. The zero-order valence-corrected chi connectivity index (χ0v) is 33.0. The van der Waals surface area contributed by atoms with Gasteiger partial charge in [0.25, 0.3) is 0 Å². The number of carbonyl (C=O) groups is 2. The molecular weight excluding hydrogens is 671 g/mol. The van der Waals surface area contributed by atoms with E-state index >= 15 is 0 Å². The summed E-state index contributed by atoms with van der Waals surface area (Å²) in [7, 11) is -4.62. The second-order valence-electron chi connectivity index (χ2n) is 13.3. The van der Waals surface area contributed by atoms with E-state index in [1.165, 1.54) is 44.9 Å². The third-order valence-electron chi connectivity index (χ3n) is 8.27. The molecule has 0 amide bonds. The fourth-order valence-corrected chi connectivity index (χ4v) is 5.91. The molecule has 0 aromatic heterocycles. The Hall–Kier alpha value is -1.81. The number of esters is 2. The van der Waals surface area contributed by atoms with E-state index in [1.54, 1.807) is 0 Å². The molecule has 0 rings (SSSR count). The van der Waals surface area contributed by atoms with Gasteiger partial charge in [0.2, 0.25) is 0 Å². The largest absolute Gasteiger partial charge is 0.472 e. The van der Waals surface area contributed by atoms with Gasteiger partial charge in [-0.2, -0.15) is 0 Å². The van der Waals surface area contributed by atoms with Crippen LogP contribution in [0.15, 0.2) is 36.5 Å². The van der Waals surface area contributed by atoms with Crippen LogP contribution in [0.1, 0.15) is 168 Å². The molecular formula is C40H73O10P. The molecule has 0 aliphatic rings. The first-order valence-corrected chi connectivity index (χ1v) is 21.4. The summed E-state index contributed by atoms with van der Waals surface area (Å²) in [6.45, 7) is 2.29. The molecule has 3 N–H and O–H groups in total. The molecule has 1 unspecified atom stereocenters. The summed E-state index contributed by atoms with van der Waals surface area (Å²) in [4.78, 5) is 34.9. The van der Waals surface area contributed by atoms with Crippen molar-refractivity contribution in [1.29, 1.82) is 0 Å². The highest BCUT2D eigenvalue weighted by molar-refractivity contribution is 7.47. The maximum Gasteiger partial charge on any atom is 0.472 e. The third-order valence-corrected chi connectivity index (χ3v) is 9.22. The highest BCUT2D eigenvalue weighted by atomic mass is 31.2. The number of phosphoric acid groups is 1. The zero-order valence-electron chi connectivity index (χ0n) is 32.1. The SMILES string of the molecule is CCCC/C=C\C/C=C\CCCCCCCC(=O)O[C@H](COC(=O)CCCCCCC/C=C\CCCCCCC)COP(=O)(O)OC[C@@H](O)CO. The van der Waals surface area contributed by atoms with Crippen molar-refractivity contribution in [2.45, 2.75) is 180 Å². The zero-order chi connectivity index (χ0) is 37.7. The molecule has 51 heavy (non-hydrogen) atoms. The van der Waals surface area contributed by atoms with Gasteiger partial charge >= 0.3 is 19.8 Å². The molecule has 0 aliphatic carbocycles. The van der Waals surface area contributed by atoms with Crippen molar-refractivity contribution in [3.05, 3.63) is 36.5 Å². The summed E-state index contributed by atoms with van der Waals surface area (Å²) < 4.78 is 32.6. The lowest BCUT2D eigenvalue weighted by atomic mass is 10.1. The number of aliphatic hydroxyl groups excluding tert-OH is 2. The maximum atomic E-state index is 12.6. The first kappa shape index (κ1) is 49.2. The molecule has 0 aliphatic heterocycles. The molecule has 298 valence electrons. The highest BCUT2D eigenvalue weighted by Crippen LogP contribution is 2.43. The summed E-state index contributed by atoms with van der Waals surface area (Å²) in [5.74, 6) is -0.952. The van der Waals surface area contributed by atoms with Gasteiger partial charge in [-0.3, -0.25) is 18.6 Å². The predicted molar refractivity (Wildman–Crippen MR) is 205 cm³/mol. The Balaban J connectivity index is 4.39. The van der Waals surface area contributed by atoms with E-state index in [1.807, 2.05) is 0 Å². The summed E-state index contributed by atoms with van der Waals surface area (Å²) in [5.41, 5.74) is 0. The van der Waals surface area contributed by atoms with E-state index < -0.39 is 51.8 Å². The third kappa shape index (κ3) is 36.3. The van der Waals surface area contributed by atoms with Crippen LogP contribution >= 0.6 is 7.82 Å². The second kappa shape index (κ2) is 36.5. The van der Waals surface area contributed by atoms with Crippen molar-refractivity contribution in [1.82, 2.24) is 0 Å². The monoisotopic (exact) mass is 744 g/mol. The van der Waals surface area contributed by atoms with Crippen LogP contribution in [0.2, 0.25) is 0 Å². The average molecular weight is 745 g/mol. The molecule has 0 aromatic rings. The lowest BCUT2D eigenvalue weighted by Gasteiger charge is -2.20. The highest BCUT2D eigenvalue weighted by Gasteiger charge is 2.27. The minimum atomic E-state index is -4.62. The van der Waals surface area contributed by atoms with Crippen LogP contribution < -0.4 is 0 Å². The number of unbranched alkanes of at least 4 members (excludes halogenated alkanes) is 17. The van der Waals surface area contributed by atoms with E-state index in [0.29, 0.717) is 12.8 Å². The van der Waals surface area contributed by atoms with Gasteiger partial charge in [0.05, 0.1) is 19.8 Å². The summed E-state index contributed by atoms with van der Waals surface area (Å²) in [6.07, 6.45) is 35.4. The first-order chi connectivity index (χ1) is 24.7. The number of phosphoric ester groups is 1. The second-order valence-corrected chi connectivity index (χ2v) is 14.8. The van der Waals surface area contributed by atoms with Crippen molar-refractivity contribution >= 4 is 19.8 Å². The van der Waals surface area contributed by atoms with Crippen LogP contribution in [0, 0.1) is 0 Å². The molecule has 0 spiro atoms. The summed E-state index contributed by atoms with van der Waals surface area (Å²) >= 11 is 0. The molecule has 0 bridgehead atoms. The molecule has 11 heteroatoms. The van der Waals surface area contributed by atoms with Gasteiger partial charge in [-0.25, -0.2) is 4.57 Å². The maximum absolute atomic E-state index is 12.6. The number of aliphatic hydroxyl groups is 2. The Kier molecular flexibility index (Phi) is 35.2. The minimum absolute atomic E-state index is 0.166. The van der Waals surface area contributed by atoms with E-state index in [9.17, 15) is 24.2 Å². The predicted octanol–water partition coefficient (Wildman–Crippen LogP) is 10.00. The summed E-state index contributed by atoms with van der Waals surface area (Å²) in [6, 6.07) is 0. The van der Waals surface area contributed by atoms with Gasteiger partial charge in [-0.05, 0) is 64.2 Å². The number of ether oxygens (including phenoxy) is 2. The Morgan fingerprint density at radius 1 is 0.588 bits per heavy atom. The molecule has 0 heterocycles. The van der Waals surface area contributed by atoms with E-state index in [0.717, 1.165) is 83.5 Å². The van der Waals surface area contributed by atoms with Gasteiger partial charge in [-0.15, -0.1) is 0 Å². The number of hydrogen-bond donors (Lipinski definition) is 3. The Bertz CT molecular complexity index is 952. The Labute approximate surface area is 310 Å². The van der Waals surface area contributed by atoms with Crippen molar-refractivity contribution in [2.24, 2.45) is 0 Å². The molecule has 0 fully saturated rings. The van der Waals surface area contributed by atoms with Crippen molar-refractivity contribution < 1.29 is 47.8 Å². The Morgan fingerprint density at radius 3 is 1.59 bits per heavy atom. The fourth-order valence-electron chi connectivity index (χ4n) is 5.12. The minimum Gasteiger partial charge on any atom is -0.462 e. The topological polar surface area (TPSA) is 149 Å². The molecule has 0 saturated carbocycles. The van der Waals surface area contributed by atoms with Crippen LogP contribution in [0.5, 0.6) is 0 Å². The molecule has 10 nitrogen and oxygen atoms in total. The molecule has 0 radical (unpaired) electrons. The van der Waals surface area contributed by atoms with Crippen LogP contribution in [0.25, 0.3) is 0 Å². The van der Waals surface area contributed by atoms with Gasteiger partial charge in [0.15, 0.2) is 6.10 Å². The Morgan fingerprint density at radius 2 is 1.04 bits per heavy atom. The first-order valence-electron chi connectivity index (χ1n) is 19.9. The van der Waals surface area contributed by atoms with Gasteiger partial charge in [-0.1, -0.05) is 127 Å². The number of rotatable bonds is 37. The van der Waals surface area contributed by atoms with Crippen molar-refractivity contribution in [2.75, 3.05) is 26.4 Å². The fraction of sp³-hybridized carbons (Fsp3) is 0.800. The van der Waals surface area contributed by atoms with Gasteiger partial charge < -0.3 is 24.6 Å². The van der Waals surface area contributed by atoms with E-state index in [4.69, 9.17) is 19.1 Å². The quantitative estimate of drug-likeness (QED) is 0.0243. The molecule has 0 aromatic carbocycles. The summed E-state index contributed by atoms with van der Waals surface area (Å²) in [5, 5.41) is 18.3. The van der Waals surface area contributed by atoms with Crippen LogP contribution in [-0.4, -0.2) is 65.7 Å². The van der Waals surface area contributed by atoms with Crippen LogP contribution in [0.4, 0.5) is 0 Å². The normalized spacial score (nSPS) is 14.4. The molecule has 0 saturated heterocycles. The van der Waals surface area contributed by atoms with E-state index in [2.05, 4.69) is 54.8 Å².